The summed E-state index contributed by atoms with van der Waals surface area (Å²) in [5, 5.41) is 0. The van der Waals surface area contributed by atoms with Gasteiger partial charge in [0.25, 0.3) is 5.67 Å². The van der Waals surface area contributed by atoms with Gasteiger partial charge in [-0.15, -0.1) is 0 Å². The van der Waals surface area contributed by atoms with E-state index < -0.39 is 36.6 Å². The van der Waals surface area contributed by atoms with Crippen LogP contribution in [0.4, 0.5) is 39.5 Å². The van der Waals surface area contributed by atoms with E-state index >= 15 is 0 Å². The fourth-order valence-corrected chi connectivity index (χ4v) is 0.455. The van der Waals surface area contributed by atoms with E-state index in [0.29, 0.717) is 0 Å². The summed E-state index contributed by atoms with van der Waals surface area (Å²) in [5.74, 6) is -7.27. The average molecular weight is 246 g/mol. The molecule has 0 heterocycles. The van der Waals surface area contributed by atoms with E-state index in [1.54, 1.807) is 0 Å². The molecule has 0 aliphatic carbocycles. The second kappa shape index (κ2) is 3.60. The maximum Gasteiger partial charge on any atom is 0.445 e. The lowest BCUT2D eigenvalue weighted by molar-refractivity contribution is -0.217. The molecule has 0 fully saturated rings. The molecule has 0 aliphatic rings. The van der Waals surface area contributed by atoms with Crippen LogP contribution < -0.4 is 0 Å². The largest absolute Gasteiger partial charge is 0.445 e. The Labute approximate surface area is 77.4 Å². The molecule has 0 spiro atoms. The maximum atomic E-state index is 12.5. The van der Waals surface area contributed by atoms with Gasteiger partial charge in [0.15, 0.2) is 5.83 Å². The van der Waals surface area contributed by atoms with Gasteiger partial charge < -0.3 is 0 Å². The van der Waals surface area contributed by atoms with Crippen molar-refractivity contribution < 1.29 is 39.5 Å². The Hall–Kier alpha value is -0.890. The summed E-state index contributed by atoms with van der Waals surface area (Å²) < 4.78 is 106. The van der Waals surface area contributed by atoms with Crippen molar-refractivity contribution in [1.82, 2.24) is 0 Å². The predicted octanol–water partition coefficient (Wildman–Crippen LogP) is 3.99. The van der Waals surface area contributed by atoms with Crippen LogP contribution in [-0.4, -0.2) is 18.0 Å². The minimum atomic E-state index is -6.00. The van der Waals surface area contributed by atoms with Gasteiger partial charge in [-0.1, -0.05) is 0 Å². The maximum absolute atomic E-state index is 12.5. The first-order chi connectivity index (χ1) is 6.32. The van der Waals surface area contributed by atoms with Crippen molar-refractivity contribution in [2.45, 2.75) is 24.9 Å². The molecule has 0 bridgehead atoms. The molecule has 0 aliphatic heterocycles. The van der Waals surface area contributed by atoms with Crippen molar-refractivity contribution in [3.05, 3.63) is 11.7 Å². The van der Waals surface area contributed by atoms with Gasteiger partial charge in [-0.3, -0.25) is 0 Å². The smallest absolute Gasteiger partial charge is 0.226 e. The molecule has 0 N–H and O–H groups in total. The molecule has 15 heavy (non-hydrogen) atoms. The topological polar surface area (TPSA) is 0 Å². The van der Waals surface area contributed by atoms with Crippen LogP contribution in [0, 0.1) is 0 Å². The zero-order valence-corrected chi connectivity index (χ0v) is 6.90. The molecule has 0 aromatic rings. The van der Waals surface area contributed by atoms with Gasteiger partial charge in [-0.2, -0.15) is 30.7 Å². The van der Waals surface area contributed by atoms with Crippen molar-refractivity contribution in [3.8, 4) is 0 Å². The minimum absolute atomic E-state index is 0.548. The van der Waals surface area contributed by atoms with Gasteiger partial charge in [0.2, 0.25) is 5.83 Å². The third-order valence-corrected chi connectivity index (χ3v) is 1.39. The molecule has 9 heteroatoms. The van der Waals surface area contributed by atoms with Crippen molar-refractivity contribution in [1.29, 1.82) is 0 Å². The van der Waals surface area contributed by atoms with Crippen molar-refractivity contribution in [2.24, 2.45) is 0 Å². The Morgan fingerprint density at radius 3 is 1.27 bits per heavy atom. The summed E-state index contributed by atoms with van der Waals surface area (Å²) in [6.07, 6.45) is -12.0. The van der Waals surface area contributed by atoms with E-state index in [4.69, 9.17) is 0 Å². The molecule has 0 rings (SSSR count). The zero-order valence-electron chi connectivity index (χ0n) is 6.90. The summed E-state index contributed by atoms with van der Waals surface area (Å²) >= 11 is 0. The van der Waals surface area contributed by atoms with Crippen molar-refractivity contribution >= 4 is 0 Å². The number of hydrogen-bond acceptors (Lipinski definition) is 0. The molecule has 0 nitrogen and oxygen atoms in total. The number of rotatable bonds is 1. The van der Waals surface area contributed by atoms with E-state index in [1.807, 2.05) is 0 Å². The highest BCUT2D eigenvalue weighted by molar-refractivity contribution is 5.18. The number of alkyl halides is 7. The molecule has 1 atom stereocenters. The summed E-state index contributed by atoms with van der Waals surface area (Å²) in [6.45, 7) is -0.548. The lowest BCUT2D eigenvalue weighted by Gasteiger charge is -2.22. The molecule has 0 saturated carbocycles. The Bertz CT molecular complexity index is 265. The van der Waals surface area contributed by atoms with Gasteiger partial charge in [0, 0.05) is 0 Å². The van der Waals surface area contributed by atoms with E-state index in [0.717, 1.165) is 0 Å². The molecule has 0 aromatic carbocycles. The molecular formula is C6H3F9. The predicted molar refractivity (Wildman–Crippen MR) is 30.9 cm³/mol. The van der Waals surface area contributed by atoms with Crippen LogP contribution in [0.2, 0.25) is 0 Å². The summed E-state index contributed by atoms with van der Waals surface area (Å²) in [4.78, 5) is 0. The standard InChI is InChI=1S/C6H3F9/c1-4(9,6(13,14)15)2(7)3(8)5(10,11)12/h1H3/b3-2-. The van der Waals surface area contributed by atoms with E-state index in [-0.39, 0.29) is 0 Å². The first-order valence-corrected chi connectivity index (χ1v) is 3.20. The van der Waals surface area contributed by atoms with Crippen LogP contribution in [-0.2, 0) is 0 Å². The number of hydrogen-bond donors (Lipinski definition) is 0. The Balaban J connectivity index is 5.44. The Morgan fingerprint density at radius 2 is 1.07 bits per heavy atom. The molecule has 1 unspecified atom stereocenters. The van der Waals surface area contributed by atoms with Gasteiger partial charge in [0.05, 0.1) is 0 Å². The van der Waals surface area contributed by atoms with Crippen LogP contribution in [0.15, 0.2) is 11.7 Å². The Morgan fingerprint density at radius 1 is 0.733 bits per heavy atom. The summed E-state index contributed by atoms with van der Waals surface area (Å²) in [5.41, 5.74) is -5.01. The second-order valence-electron chi connectivity index (χ2n) is 2.63. The highest BCUT2D eigenvalue weighted by atomic mass is 19.4. The quantitative estimate of drug-likeness (QED) is 0.613. The lowest BCUT2D eigenvalue weighted by Crippen LogP contribution is -2.39. The zero-order chi connectivity index (χ0) is 12.7. The Kier molecular flexibility index (Phi) is 3.39. The molecule has 90 valence electrons. The van der Waals surface area contributed by atoms with Crippen molar-refractivity contribution in [2.75, 3.05) is 0 Å². The lowest BCUT2D eigenvalue weighted by atomic mass is 10.1. The molecule has 0 saturated heterocycles. The first kappa shape index (κ1) is 14.1. The van der Waals surface area contributed by atoms with E-state index in [2.05, 4.69) is 0 Å². The van der Waals surface area contributed by atoms with Gasteiger partial charge in [-0.05, 0) is 6.92 Å². The SMILES string of the molecule is CC(F)(/C(F)=C(/F)C(F)(F)F)C(F)(F)F. The van der Waals surface area contributed by atoms with E-state index in [9.17, 15) is 39.5 Å². The highest BCUT2D eigenvalue weighted by Crippen LogP contribution is 2.44. The summed E-state index contributed by atoms with van der Waals surface area (Å²) in [6, 6.07) is 0. The van der Waals surface area contributed by atoms with Crippen molar-refractivity contribution in [3.63, 3.8) is 0 Å². The van der Waals surface area contributed by atoms with Crippen LogP contribution in [0.5, 0.6) is 0 Å². The van der Waals surface area contributed by atoms with E-state index in [1.165, 1.54) is 0 Å². The van der Waals surface area contributed by atoms with Crippen LogP contribution >= 0.6 is 0 Å². The van der Waals surface area contributed by atoms with Gasteiger partial charge >= 0.3 is 12.4 Å². The molecule has 0 amide bonds. The minimum Gasteiger partial charge on any atom is -0.226 e. The number of halogens is 9. The number of allylic oxidation sites excluding steroid dienone is 2. The third kappa shape index (κ3) is 2.78. The average Bonchev–Trinajstić information content (AvgIpc) is 1.97. The van der Waals surface area contributed by atoms with Crippen LogP contribution in [0.3, 0.4) is 0 Å². The summed E-state index contributed by atoms with van der Waals surface area (Å²) in [7, 11) is 0. The normalized spacial score (nSPS) is 19.6. The highest BCUT2D eigenvalue weighted by Gasteiger charge is 2.59. The molecule has 0 aromatic heterocycles. The third-order valence-electron chi connectivity index (χ3n) is 1.39. The fraction of sp³-hybridized carbons (Fsp3) is 0.667. The van der Waals surface area contributed by atoms with Crippen LogP contribution in [0.25, 0.3) is 0 Å². The fourth-order valence-electron chi connectivity index (χ4n) is 0.455. The second-order valence-corrected chi connectivity index (χ2v) is 2.63. The van der Waals surface area contributed by atoms with Crippen LogP contribution in [0.1, 0.15) is 6.92 Å². The molecular weight excluding hydrogens is 243 g/mol. The first-order valence-electron chi connectivity index (χ1n) is 3.20. The monoisotopic (exact) mass is 246 g/mol. The van der Waals surface area contributed by atoms with Gasteiger partial charge in [-0.25, -0.2) is 8.78 Å². The molecule has 0 radical (unpaired) electrons. The van der Waals surface area contributed by atoms with Gasteiger partial charge in [0.1, 0.15) is 0 Å².